The van der Waals surface area contributed by atoms with Crippen molar-refractivity contribution in [2.75, 3.05) is 31.1 Å². The van der Waals surface area contributed by atoms with E-state index in [-0.39, 0.29) is 11.8 Å². The van der Waals surface area contributed by atoms with Crippen LogP contribution in [0.25, 0.3) is 5.65 Å². The third-order valence-electron chi connectivity index (χ3n) is 5.73. The molecule has 0 spiro atoms. The van der Waals surface area contributed by atoms with E-state index < -0.39 is 0 Å². The van der Waals surface area contributed by atoms with E-state index in [9.17, 15) is 4.79 Å². The van der Waals surface area contributed by atoms with Crippen LogP contribution in [0, 0.1) is 6.92 Å². The summed E-state index contributed by atoms with van der Waals surface area (Å²) in [5.74, 6) is 2.15. The molecule has 2 saturated heterocycles. The summed E-state index contributed by atoms with van der Waals surface area (Å²) < 4.78 is 1.98. The fraction of sp³-hybridized carbons (Fsp3) is 0.450. The Kier molecular flexibility index (Phi) is 4.18. The molecular weight excluding hydrogens is 354 g/mol. The van der Waals surface area contributed by atoms with Gasteiger partial charge in [0.2, 0.25) is 0 Å². The average molecular weight is 377 g/mol. The molecule has 8 nitrogen and oxygen atoms in total. The van der Waals surface area contributed by atoms with Crippen LogP contribution in [0.5, 0.6) is 0 Å². The minimum atomic E-state index is 0.0991. The predicted octanol–water partition coefficient (Wildman–Crippen LogP) is 2.06. The van der Waals surface area contributed by atoms with Crippen LogP contribution < -0.4 is 4.90 Å². The maximum atomic E-state index is 12.8. The second-order valence-electron chi connectivity index (χ2n) is 7.67. The van der Waals surface area contributed by atoms with Crippen molar-refractivity contribution >= 4 is 17.4 Å². The normalized spacial score (nSPS) is 19.7. The highest BCUT2D eigenvalue weighted by molar-refractivity contribution is 5.94. The lowest BCUT2D eigenvalue weighted by atomic mass is 10.1. The van der Waals surface area contributed by atoms with Gasteiger partial charge in [-0.3, -0.25) is 9.20 Å². The Balaban J connectivity index is 1.40. The Bertz CT molecular complexity index is 1010. The first-order chi connectivity index (χ1) is 13.7. The molecule has 5 heterocycles. The minimum absolute atomic E-state index is 0.0991. The van der Waals surface area contributed by atoms with E-state index in [2.05, 4.69) is 25.3 Å². The van der Waals surface area contributed by atoms with E-state index in [1.54, 1.807) is 0 Å². The third-order valence-corrected chi connectivity index (χ3v) is 5.73. The summed E-state index contributed by atoms with van der Waals surface area (Å²) in [6, 6.07) is 7.74. The van der Waals surface area contributed by atoms with Gasteiger partial charge in [-0.05, 0) is 50.5 Å². The number of fused-ring (bicyclic) bond motifs is 1. The van der Waals surface area contributed by atoms with Crippen molar-refractivity contribution in [2.45, 2.75) is 32.1 Å². The van der Waals surface area contributed by atoms with Gasteiger partial charge in [0.25, 0.3) is 5.91 Å². The molecule has 5 rings (SSSR count). The molecule has 28 heavy (non-hydrogen) atoms. The van der Waals surface area contributed by atoms with E-state index in [1.165, 1.54) is 0 Å². The van der Waals surface area contributed by atoms with Crippen LogP contribution in [-0.2, 0) is 0 Å². The molecule has 3 aromatic heterocycles. The predicted molar refractivity (Wildman–Crippen MR) is 104 cm³/mol. The molecule has 1 unspecified atom stereocenters. The summed E-state index contributed by atoms with van der Waals surface area (Å²) in [6.45, 7) is 5.36. The number of pyridine rings is 1. The molecule has 1 atom stereocenters. The first kappa shape index (κ1) is 17.1. The molecule has 2 fully saturated rings. The number of aromatic nitrogens is 5. The van der Waals surface area contributed by atoms with Crippen LogP contribution in [0.1, 0.15) is 47.1 Å². The van der Waals surface area contributed by atoms with E-state index in [4.69, 9.17) is 0 Å². The number of likely N-dealkylation sites (tertiary alicyclic amines) is 1. The van der Waals surface area contributed by atoms with Crippen molar-refractivity contribution < 1.29 is 4.79 Å². The lowest BCUT2D eigenvalue weighted by Gasteiger charge is -2.17. The molecule has 3 aromatic rings. The Morgan fingerprint density at radius 3 is 2.64 bits per heavy atom. The summed E-state index contributed by atoms with van der Waals surface area (Å²) in [5, 5.41) is 17.2. The summed E-state index contributed by atoms with van der Waals surface area (Å²) in [4.78, 5) is 16.9. The molecule has 1 amide bonds. The molecule has 0 aliphatic carbocycles. The zero-order valence-electron chi connectivity index (χ0n) is 16.0. The van der Waals surface area contributed by atoms with E-state index in [1.807, 2.05) is 46.7 Å². The van der Waals surface area contributed by atoms with Gasteiger partial charge in [0.15, 0.2) is 11.5 Å². The largest absolute Gasteiger partial charge is 0.354 e. The number of rotatable bonds is 3. The number of anilines is 1. The van der Waals surface area contributed by atoms with Crippen LogP contribution in [0.4, 0.5) is 5.82 Å². The standard InChI is InChI=1S/C20H23N7O/c1-14-4-6-17(22-21-14)26-11-8-15(12-26)19-24-23-18-7-5-16(13-27(18)19)20(28)25-9-2-3-10-25/h4-7,13,15H,2-3,8-12H2,1H3. The van der Waals surface area contributed by atoms with Gasteiger partial charge >= 0.3 is 0 Å². The van der Waals surface area contributed by atoms with Crippen molar-refractivity contribution in [2.24, 2.45) is 0 Å². The Hall–Kier alpha value is -3.03. The second-order valence-corrected chi connectivity index (χ2v) is 7.67. The number of nitrogens with zero attached hydrogens (tertiary/aromatic N) is 7. The number of aryl methyl sites for hydroxylation is 1. The maximum absolute atomic E-state index is 12.8. The Morgan fingerprint density at radius 2 is 1.86 bits per heavy atom. The van der Waals surface area contributed by atoms with Crippen molar-refractivity contribution in [1.82, 2.24) is 29.7 Å². The smallest absolute Gasteiger partial charge is 0.255 e. The van der Waals surface area contributed by atoms with E-state index in [0.717, 1.165) is 68.4 Å². The van der Waals surface area contributed by atoms with Gasteiger partial charge in [-0.25, -0.2) is 0 Å². The molecule has 0 radical (unpaired) electrons. The lowest BCUT2D eigenvalue weighted by Crippen LogP contribution is -2.27. The molecule has 8 heteroatoms. The van der Waals surface area contributed by atoms with Gasteiger partial charge in [-0.1, -0.05) is 0 Å². The van der Waals surface area contributed by atoms with Gasteiger partial charge in [0, 0.05) is 38.3 Å². The van der Waals surface area contributed by atoms with Crippen molar-refractivity contribution in [3.8, 4) is 0 Å². The number of carbonyl (C=O) groups excluding carboxylic acids is 1. The van der Waals surface area contributed by atoms with Crippen molar-refractivity contribution in [3.05, 3.63) is 47.5 Å². The molecule has 0 aromatic carbocycles. The number of hydrogen-bond acceptors (Lipinski definition) is 6. The Labute approximate surface area is 163 Å². The summed E-state index contributed by atoms with van der Waals surface area (Å²) in [7, 11) is 0. The zero-order valence-corrected chi connectivity index (χ0v) is 16.0. The van der Waals surface area contributed by atoms with Crippen LogP contribution in [0.15, 0.2) is 30.5 Å². The summed E-state index contributed by atoms with van der Waals surface area (Å²) >= 11 is 0. The topological polar surface area (TPSA) is 79.5 Å². The van der Waals surface area contributed by atoms with Gasteiger partial charge in [-0.2, -0.15) is 5.10 Å². The van der Waals surface area contributed by atoms with Gasteiger partial charge in [-0.15, -0.1) is 15.3 Å². The highest BCUT2D eigenvalue weighted by Gasteiger charge is 2.29. The monoisotopic (exact) mass is 377 g/mol. The van der Waals surface area contributed by atoms with Crippen molar-refractivity contribution in [1.29, 1.82) is 0 Å². The maximum Gasteiger partial charge on any atom is 0.255 e. The first-order valence-corrected chi connectivity index (χ1v) is 9.88. The molecule has 0 bridgehead atoms. The van der Waals surface area contributed by atoms with Gasteiger partial charge in [0.05, 0.1) is 11.3 Å². The zero-order chi connectivity index (χ0) is 19.1. The number of amides is 1. The van der Waals surface area contributed by atoms with Crippen molar-refractivity contribution in [3.63, 3.8) is 0 Å². The molecular formula is C20H23N7O. The molecule has 144 valence electrons. The first-order valence-electron chi connectivity index (χ1n) is 9.88. The third kappa shape index (κ3) is 2.98. The highest BCUT2D eigenvalue weighted by atomic mass is 16.2. The van der Waals surface area contributed by atoms with E-state index >= 15 is 0 Å². The molecule has 0 saturated carbocycles. The summed E-state index contributed by atoms with van der Waals surface area (Å²) in [5.41, 5.74) is 2.40. The summed E-state index contributed by atoms with van der Waals surface area (Å²) in [6.07, 6.45) is 5.05. The van der Waals surface area contributed by atoms with Gasteiger partial charge < -0.3 is 9.80 Å². The lowest BCUT2D eigenvalue weighted by molar-refractivity contribution is 0.0792. The van der Waals surface area contributed by atoms with Gasteiger partial charge in [0.1, 0.15) is 5.82 Å². The quantitative estimate of drug-likeness (QED) is 0.695. The minimum Gasteiger partial charge on any atom is -0.354 e. The molecule has 2 aliphatic heterocycles. The fourth-order valence-corrected chi connectivity index (χ4v) is 4.16. The number of carbonyl (C=O) groups is 1. The number of hydrogen-bond donors (Lipinski definition) is 0. The molecule has 0 N–H and O–H groups in total. The molecule has 2 aliphatic rings. The van der Waals surface area contributed by atoms with E-state index in [0.29, 0.717) is 5.56 Å². The SMILES string of the molecule is Cc1ccc(N2CCC(c3nnc4ccc(C(=O)N5CCCC5)cn34)C2)nn1. The fourth-order valence-electron chi connectivity index (χ4n) is 4.16. The van der Waals surface area contributed by atoms with Crippen LogP contribution in [-0.4, -0.2) is 61.8 Å². The van der Waals surface area contributed by atoms with Crippen LogP contribution in [0.2, 0.25) is 0 Å². The second kappa shape index (κ2) is 6.85. The van der Waals surface area contributed by atoms with Crippen LogP contribution in [0.3, 0.4) is 0 Å². The van der Waals surface area contributed by atoms with Crippen LogP contribution >= 0.6 is 0 Å². The average Bonchev–Trinajstić information content (AvgIpc) is 3.47. The Morgan fingerprint density at radius 1 is 1.00 bits per heavy atom. The highest BCUT2D eigenvalue weighted by Crippen LogP contribution is 2.29.